The van der Waals surface area contributed by atoms with Crippen molar-refractivity contribution >= 4 is 16.2 Å². The molecule has 1 heterocycles. The number of esters is 1. The van der Waals surface area contributed by atoms with Crippen LogP contribution in [0.15, 0.2) is 24.3 Å². The molecular formula is C15H22FN3O4S. The number of nitrogens with one attached hydrogen (secondary N) is 1. The van der Waals surface area contributed by atoms with Crippen molar-refractivity contribution in [1.82, 2.24) is 13.9 Å². The zero-order valence-corrected chi connectivity index (χ0v) is 14.6. The highest BCUT2D eigenvalue weighted by atomic mass is 32.2. The highest BCUT2D eigenvalue weighted by Gasteiger charge is 2.36. The lowest BCUT2D eigenvalue weighted by Gasteiger charge is -2.37. The molecule has 134 valence electrons. The van der Waals surface area contributed by atoms with Gasteiger partial charge in [-0.1, -0.05) is 12.1 Å². The SMILES string of the molecule is COC(=O)CCN(C)S(=O)(=O)N1CCNCC1c1cccc(F)c1. The smallest absolute Gasteiger partial charge is 0.306 e. The molecule has 0 aliphatic carbocycles. The van der Waals surface area contributed by atoms with Gasteiger partial charge in [-0.05, 0) is 17.7 Å². The third-order valence-electron chi connectivity index (χ3n) is 3.98. The summed E-state index contributed by atoms with van der Waals surface area (Å²) in [6.07, 6.45) is -0.0248. The second kappa shape index (κ2) is 8.02. The van der Waals surface area contributed by atoms with Crippen LogP contribution in [0.25, 0.3) is 0 Å². The van der Waals surface area contributed by atoms with E-state index in [2.05, 4.69) is 10.1 Å². The van der Waals surface area contributed by atoms with E-state index in [1.807, 2.05) is 0 Å². The van der Waals surface area contributed by atoms with Gasteiger partial charge in [0.25, 0.3) is 10.2 Å². The first-order valence-corrected chi connectivity index (χ1v) is 9.02. The zero-order valence-electron chi connectivity index (χ0n) is 13.7. The van der Waals surface area contributed by atoms with Gasteiger partial charge in [0, 0.05) is 33.2 Å². The Morgan fingerprint density at radius 2 is 2.25 bits per heavy atom. The molecule has 1 atom stereocenters. The van der Waals surface area contributed by atoms with Crippen LogP contribution in [0.2, 0.25) is 0 Å². The Bertz CT molecular complexity index is 683. The summed E-state index contributed by atoms with van der Waals surface area (Å²) in [5.74, 6) is -0.881. The molecule has 2 rings (SSSR count). The number of rotatable bonds is 6. The maximum atomic E-state index is 13.5. The lowest BCUT2D eigenvalue weighted by Crippen LogP contribution is -2.52. The van der Waals surface area contributed by atoms with Gasteiger partial charge >= 0.3 is 5.97 Å². The molecule has 0 radical (unpaired) electrons. The lowest BCUT2D eigenvalue weighted by atomic mass is 10.1. The zero-order chi connectivity index (χ0) is 17.7. The first-order chi connectivity index (χ1) is 11.4. The van der Waals surface area contributed by atoms with E-state index in [9.17, 15) is 17.6 Å². The minimum absolute atomic E-state index is 0.0226. The maximum Gasteiger partial charge on any atom is 0.306 e. The van der Waals surface area contributed by atoms with Crippen LogP contribution >= 0.6 is 0 Å². The summed E-state index contributed by atoms with van der Waals surface area (Å²) in [5.41, 5.74) is 0.590. The monoisotopic (exact) mass is 359 g/mol. The molecule has 1 aliphatic rings. The Kier molecular flexibility index (Phi) is 6.27. The number of ether oxygens (including phenoxy) is 1. The number of nitrogens with zero attached hydrogens (tertiary/aromatic N) is 2. The van der Waals surface area contributed by atoms with Crippen molar-refractivity contribution in [3.63, 3.8) is 0 Å². The van der Waals surface area contributed by atoms with Crippen molar-refractivity contribution in [1.29, 1.82) is 0 Å². The van der Waals surface area contributed by atoms with E-state index in [0.717, 1.165) is 4.31 Å². The predicted octanol–water partition coefficient (Wildman–Crippen LogP) is 0.512. The highest BCUT2D eigenvalue weighted by Crippen LogP contribution is 2.27. The second-order valence-corrected chi connectivity index (χ2v) is 7.53. The van der Waals surface area contributed by atoms with E-state index in [-0.39, 0.29) is 19.5 Å². The first-order valence-electron chi connectivity index (χ1n) is 7.62. The first kappa shape index (κ1) is 18.8. The molecule has 1 saturated heterocycles. The fourth-order valence-corrected chi connectivity index (χ4v) is 4.12. The number of hydrogen-bond donors (Lipinski definition) is 1. The quantitative estimate of drug-likeness (QED) is 0.749. The fraction of sp³-hybridized carbons (Fsp3) is 0.533. The van der Waals surface area contributed by atoms with E-state index < -0.39 is 28.0 Å². The Hall–Kier alpha value is -1.55. The molecule has 24 heavy (non-hydrogen) atoms. The molecule has 1 unspecified atom stereocenters. The molecule has 1 fully saturated rings. The van der Waals surface area contributed by atoms with Crippen LogP contribution in [0.5, 0.6) is 0 Å². The van der Waals surface area contributed by atoms with Crippen LogP contribution in [0.1, 0.15) is 18.0 Å². The Labute approximate surface area is 141 Å². The molecular weight excluding hydrogens is 337 g/mol. The van der Waals surface area contributed by atoms with Crippen LogP contribution in [0, 0.1) is 5.82 Å². The van der Waals surface area contributed by atoms with Gasteiger partial charge in [0.05, 0.1) is 19.6 Å². The standard InChI is InChI=1S/C15H22FN3O4S/c1-18(8-6-15(20)23-2)24(21,22)19-9-7-17-11-14(19)12-4-3-5-13(16)10-12/h3-5,10,14,17H,6-9,11H2,1-2H3. The number of halogens is 1. The van der Waals surface area contributed by atoms with Gasteiger partial charge in [-0.2, -0.15) is 17.0 Å². The van der Waals surface area contributed by atoms with Crippen LogP contribution in [-0.2, 0) is 19.7 Å². The largest absolute Gasteiger partial charge is 0.469 e. The number of methoxy groups -OCH3 is 1. The summed E-state index contributed by atoms with van der Waals surface area (Å²) < 4.78 is 46.2. The van der Waals surface area contributed by atoms with Crippen molar-refractivity contribution in [2.75, 3.05) is 40.3 Å². The topological polar surface area (TPSA) is 79.0 Å². The third-order valence-corrected chi connectivity index (χ3v) is 5.98. The van der Waals surface area contributed by atoms with Crippen LogP contribution < -0.4 is 5.32 Å². The van der Waals surface area contributed by atoms with E-state index in [0.29, 0.717) is 18.7 Å². The normalized spacial score (nSPS) is 19.4. The van der Waals surface area contributed by atoms with Crippen molar-refractivity contribution in [2.24, 2.45) is 0 Å². The molecule has 0 saturated carbocycles. The number of hydrogen-bond acceptors (Lipinski definition) is 5. The minimum atomic E-state index is -3.78. The number of piperazine rings is 1. The predicted molar refractivity (Wildman–Crippen MR) is 86.9 cm³/mol. The van der Waals surface area contributed by atoms with Gasteiger partial charge in [0.2, 0.25) is 0 Å². The van der Waals surface area contributed by atoms with E-state index in [4.69, 9.17) is 0 Å². The molecule has 1 aromatic rings. The van der Waals surface area contributed by atoms with Gasteiger partial charge in [-0.25, -0.2) is 4.39 Å². The molecule has 1 aromatic carbocycles. The average Bonchev–Trinajstić information content (AvgIpc) is 2.59. The maximum absolute atomic E-state index is 13.5. The lowest BCUT2D eigenvalue weighted by molar-refractivity contribution is -0.140. The van der Waals surface area contributed by atoms with Crippen LogP contribution in [-0.4, -0.2) is 63.3 Å². The Morgan fingerprint density at radius 3 is 2.92 bits per heavy atom. The van der Waals surface area contributed by atoms with Crippen molar-refractivity contribution in [3.05, 3.63) is 35.6 Å². The molecule has 0 spiro atoms. The minimum Gasteiger partial charge on any atom is -0.469 e. The number of benzene rings is 1. The van der Waals surface area contributed by atoms with E-state index >= 15 is 0 Å². The summed E-state index contributed by atoms with van der Waals surface area (Å²) in [7, 11) is -1.10. The molecule has 7 nitrogen and oxygen atoms in total. The van der Waals surface area contributed by atoms with Crippen LogP contribution in [0.3, 0.4) is 0 Å². The third kappa shape index (κ3) is 4.29. The molecule has 0 amide bonds. The Morgan fingerprint density at radius 1 is 1.50 bits per heavy atom. The molecule has 0 aromatic heterocycles. The molecule has 1 aliphatic heterocycles. The van der Waals surface area contributed by atoms with Gasteiger partial charge in [-0.3, -0.25) is 4.79 Å². The van der Waals surface area contributed by atoms with Crippen molar-refractivity contribution in [2.45, 2.75) is 12.5 Å². The second-order valence-electron chi connectivity index (χ2n) is 5.54. The molecule has 1 N–H and O–H groups in total. The summed E-state index contributed by atoms with van der Waals surface area (Å²) in [4.78, 5) is 11.2. The van der Waals surface area contributed by atoms with E-state index in [1.165, 1.54) is 30.6 Å². The number of carbonyl (C=O) groups excluding carboxylic acids is 1. The molecule has 9 heteroatoms. The van der Waals surface area contributed by atoms with E-state index in [1.54, 1.807) is 12.1 Å². The highest BCUT2D eigenvalue weighted by molar-refractivity contribution is 7.86. The summed E-state index contributed by atoms with van der Waals surface area (Å²) in [6, 6.07) is 5.43. The molecule has 0 bridgehead atoms. The summed E-state index contributed by atoms with van der Waals surface area (Å²) in [5, 5.41) is 3.13. The van der Waals surface area contributed by atoms with Crippen LogP contribution in [0.4, 0.5) is 4.39 Å². The van der Waals surface area contributed by atoms with Gasteiger partial charge in [0.15, 0.2) is 0 Å². The fourth-order valence-electron chi connectivity index (χ4n) is 2.61. The number of carbonyl (C=O) groups is 1. The van der Waals surface area contributed by atoms with Gasteiger partial charge < -0.3 is 10.1 Å². The summed E-state index contributed by atoms with van der Waals surface area (Å²) >= 11 is 0. The Balaban J connectivity index is 2.20. The average molecular weight is 359 g/mol. The van der Waals surface area contributed by atoms with Gasteiger partial charge in [0.1, 0.15) is 5.82 Å². The summed E-state index contributed by atoms with van der Waals surface area (Å²) in [6.45, 7) is 1.20. The van der Waals surface area contributed by atoms with Gasteiger partial charge in [-0.15, -0.1) is 0 Å². The van der Waals surface area contributed by atoms with Crippen molar-refractivity contribution < 1.29 is 22.3 Å². The van der Waals surface area contributed by atoms with Crippen molar-refractivity contribution in [3.8, 4) is 0 Å².